The molecule has 0 heterocycles. The number of hydrogen-bond donors (Lipinski definition) is 1. The summed E-state index contributed by atoms with van der Waals surface area (Å²) in [7, 11) is 0. The highest BCUT2D eigenvalue weighted by Crippen LogP contribution is 2.24. The standard InChI is InChI=1S/C16H25NO2/c1-10-8-11(2)12(3)14(9-10)19-13(4)15(18)17-16(5,6)7/h8-9,13H,1-7H3,(H,17,18)/t13-/m0/s1. The molecule has 1 atom stereocenters. The smallest absolute Gasteiger partial charge is 0.261 e. The first kappa shape index (κ1) is 15.5. The molecular weight excluding hydrogens is 238 g/mol. The van der Waals surface area contributed by atoms with Crippen LogP contribution in [0.3, 0.4) is 0 Å². The maximum atomic E-state index is 12.0. The van der Waals surface area contributed by atoms with Crippen molar-refractivity contribution in [3.63, 3.8) is 0 Å². The van der Waals surface area contributed by atoms with Crippen molar-refractivity contribution >= 4 is 5.91 Å². The van der Waals surface area contributed by atoms with Gasteiger partial charge in [0.15, 0.2) is 6.10 Å². The number of hydrogen-bond acceptors (Lipinski definition) is 2. The fourth-order valence-electron chi connectivity index (χ4n) is 1.84. The van der Waals surface area contributed by atoms with Gasteiger partial charge in [-0.3, -0.25) is 4.79 Å². The van der Waals surface area contributed by atoms with Gasteiger partial charge in [0.1, 0.15) is 5.75 Å². The first-order chi connectivity index (χ1) is 8.60. The van der Waals surface area contributed by atoms with Gasteiger partial charge in [0.2, 0.25) is 0 Å². The van der Waals surface area contributed by atoms with E-state index >= 15 is 0 Å². The molecule has 0 aliphatic heterocycles. The summed E-state index contributed by atoms with van der Waals surface area (Å²) in [5.74, 6) is 0.695. The van der Waals surface area contributed by atoms with Crippen LogP contribution in [0.2, 0.25) is 0 Å². The number of carbonyl (C=O) groups excluding carboxylic acids is 1. The third-order valence-electron chi connectivity index (χ3n) is 2.94. The van der Waals surface area contributed by atoms with E-state index in [1.165, 1.54) is 5.56 Å². The lowest BCUT2D eigenvalue weighted by Crippen LogP contribution is -2.46. The molecule has 0 saturated carbocycles. The maximum Gasteiger partial charge on any atom is 0.261 e. The molecule has 106 valence electrons. The van der Waals surface area contributed by atoms with Gasteiger partial charge in [-0.05, 0) is 71.2 Å². The van der Waals surface area contributed by atoms with E-state index in [9.17, 15) is 4.79 Å². The van der Waals surface area contributed by atoms with Gasteiger partial charge in [0, 0.05) is 5.54 Å². The van der Waals surface area contributed by atoms with Gasteiger partial charge in [-0.1, -0.05) is 6.07 Å². The van der Waals surface area contributed by atoms with Crippen molar-refractivity contribution in [1.82, 2.24) is 5.32 Å². The quantitative estimate of drug-likeness (QED) is 0.908. The lowest BCUT2D eigenvalue weighted by atomic mass is 10.1. The molecule has 1 aromatic carbocycles. The minimum absolute atomic E-state index is 0.0916. The second-order valence-electron chi connectivity index (χ2n) is 6.20. The summed E-state index contributed by atoms with van der Waals surface area (Å²) in [5, 5.41) is 2.92. The molecule has 0 saturated heterocycles. The van der Waals surface area contributed by atoms with E-state index in [1.54, 1.807) is 6.92 Å². The van der Waals surface area contributed by atoms with E-state index in [0.29, 0.717) is 0 Å². The lowest BCUT2D eigenvalue weighted by molar-refractivity contribution is -0.128. The Morgan fingerprint density at radius 2 is 1.79 bits per heavy atom. The van der Waals surface area contributed by atoms with Crippen molar-refractivity contribution in [2.75, 3.05) is 0 Å². The Kier molecular flexibility index (Phi) is 4.61. The normalized spacial score (nSPS) is 13.0. The Hall–Kier alpha value is -1.51. The molecule has 0 fully saturated rings. The largest absolute Gasteiger partial charge is 0.481 e. The van der Waals surface area contributed by atoms with E-state index in [-0.39, 0.29) is 11.4 Å². The van der Waals surface area contributed by atoms with Crippen LogP contribution in [0.15, 0.2) is 12.1 Å². The predicted octanol–water partition coefficient (Wildman–Crippen LogP) is 3.29. The van der Waals surface area contributed by atoms with Crippen LogP contribution in [0.25, 0.3) is 0 Å². The van der Waals surface area contributed by atoms with Gasteiger partial charge in [0.05, 0.1) is 0 Å². The molecule has 0 spiro atoms. The maximum absolute atomic E-state index is 12.0. The number of carbonyl (C=O) groups is 1. The van der Waals surface area contributed by atoms with E-state index in [2.05, 4.69) is 18.3 Å². The van der Waals surface area contributed by atoms with Crippen molar-refractivity contribution in [3.05, 3.63) is 28.8 Å². The SMILES string of the molecule is Cc1cc(C)c(C)c(O[C@@H](C)C(=O)NC(C)(C)C)c1. The van der Waals surface area contributed by atoms with E-state index in [1.807, 2.05) is 40.7 Å². The minimum Gasteiger partial charge on any atom is -0.481 e. The minimum atomic E-state index is -0.501. The van der Waals surface area contributed by atoms with E-state index in [4.69, 9.17) is 4.74 Å². The van der Waals surface area contributed by atoms with Crippen molar-refractivity contribution in [2.45, 2.75) is 60.1 Å². The van der Waals surface area contributed by atoms with Gasteiger partial charge in [-0.25, -0.2) is 0 Å². The first-order valence-electron chi connectivity index (χ1n) is 6.66. The zero-order valence-electron chi connectivity index (χ0n) is 13.0. The Morgan fingerprint density at radius 1 is 1.21 bits per heavy atom. The molecule has 1 amide bonds. The Balaban J connectivity index is 2.83. The number of aryl methyl sites for hydroxylation is 2. The molecule has 1 aromatic rings. The van der Waals surface area contributed by atoms with Crippen LogP contribution < -0.4 is 10.1 Å². The summed E-state index contributed by atoms with van der Waals surface area (Å²) >= 11 is 0. The molecule has 0 aliphatic rings. The second kappa shape index (κ2) is 5.64. The molecule has 0 aliphatic carbocycles. The van der Waals surface area contributed by atoms with E-state index < -0.39 is 6.10 Å². The highest BCUT2D eigenvalue weighted by molar-refractivity contribution is 5.81. The first-order valence-corrected chi connectivity index (χ1v) is 6.66. The molecule has 3 nitrogen and oxygen atoms in total. The molecular formula is C16H25NO2. The number of amides is 1. The highest BCUT2D eigenvalue weighted by atomic mass is 16.5. The highest BCUT2D eigenvalue weighted by Gasteiger charge is 2.21. The molecule has 0 radical (unpaired) electrons. The van der Waals surface area contributed by atoms with Crippen molar-refractivity contribution in [1.29, 1.82) is 0 Å². The van der Waals surface area contributed by atoms with Gasteiger partial charge in [0.25, 0.3) is 5.91 Å². The number of benzene rings is 1. The lowest BCUT2D eigenvalue weighted by Gasteiger charge is -2.24. The van der Waals surface area contributed by atoms with Crippen LogP contribution in [-0.4, -0.2) is 17.6 Å². The van der Waals surface area contributed by atoms with Gasteiger partial charge in [-0.2, -0.15) is 0 Å². The Morgan fingerprint density at radius 3 is 2.32 bits per heavy atom. The Bertz CT molecular complexity index is 472. The van der Waals surface area contributed by atoms with Crippen LogP contribution >= 0.6 is 0 Å². The number of ether oxygens (including phenoxy) is 1. The van der Waals surface area contributed by atoms with Crippen molar-refractivity contribution in [2.24, 2.45) is 0 Å². The van der Waals surface area contributed by atoms with Gasteiger partial charge >= 0.3 is 0 Å². The average Bonchev–Trinajstić information content (AvgIpc) is 2.22. The summed E-state index contributed by atoms with van der Waals surface area (Å²) in [4.78, 5) is 12.0. The van der Waals surface area contributed by atoms with Crippen molar-refractivity contribution < 1.29 is 9.53 Å². The molecule has 1 N–H and O–H groups in total. The molecule has 19 heavy (non-hydrogen) atoms. The van der Waals surface area contributed by atoms with E-state index in [0.717, 1.165) is 16.9 Å². The summed E-state index contributed by atoms with van der Waals surface area (Å²) in [6.45, 7) is 13.7. The summed E-state index contributed by atoms with van der Waals surface area (Å²) in [5.41, 5.74) is 3.16. The molecule has 0 unspecified atom stereocenters. The third kappa shape index (κ3) is 4.58. The Labute approximate surface area is 116 Å². The third-order valence-corrected chi connectivity index (χ3v) is 2.94. The van der Waals surface area contributed by atoms with Crippen LogP contribution in [0, 0.1) is 20.8 Å². The predicted molar refractivity (Wildman–Crippen MR) is 78.6 cm³/mol. The molecule has 3 heteroatoms. The van der Waals surface area contributed by atoms with Gasteiger partial charge < -0.3 is 10.1 Å². The summed E-state index contributed by atoms with van der Waals surface area (Å²) < 4.78 is 5.80. The number of nitrogens with one attached hydrogen (secondary N) is 1. The zero-order chi connectivity index (χ0) is 14.8. The van der Waals surface area contributed by atoms with Crippen LogP contribution in [0.5, 0.6) is 5.75 Å². The molecule has 1 rings (SSSR count). The number of rotatable bonds is 3. The van der Waals surface area contributed by atoms with Crippen molar-refractivity contribution in [3.8, 4) is 5.75 Å². The van der Waals surface area contributed by atoms with Gasteiger partial charge in [-0.15, -0.1) is 0 Å². The monoisotopic (exact) mass is 263 g/mol. The fraction of sp³-hybridized carbons (Fsp3) is 0.562. The molecule has 0 aromatic heterocycles. The van der Waals surface area contributed by atoms with Crippen LogP contribution in [0.4, 0.5) is 0 Å². The topological polar surface area (TPSA) is 38.3 Å². The second-order valence-corrected chi connectivity index (χ2v) is 6.20. The van der Waals surface area contributed by atoms with Crippen LogP contribution in [-0.2, 0) is 4.79 Å². The molecule has 0 bridgehead atoms. The van der Waals surface area contributed by atoms with Crippen LogP contribution in [0.1, 0.15) is 44.4 Å². The zero-order valence-corrected chi connectivity index (χ0v) is 13.0. The summed E-state index contributed by atoms with van der Waals surface area (Å²) in [6, 6.07) is 4.09. The summed E-state index contributed by atoms with van der Waals surface area (Å²) in [6.07, 6.45) is -0.501. The average molecular weight is 263 g/mol. The fourth-order valence-corrected chi connectivity index (χ4v) is 1.84.